The number of hydrogen-bond donors (Lipinski definition) is 1. The summed E-state index contributed by atoms with van der Waals surface area (Å²) in [6, 6.07) is 14.2. The van der Waals surface area contributed by atoms with Crippen molar-refractivity contribution in [2.24, 2.45) is 0 Å². The lowest BCUT2D eigenvalue weighted by Crippen LogP contribution is -2.44. The number of carbonyl (C=O) groups is 1. The normalized spacial score (nSPS) is 17.7. The van der Waals surface area contributed by atoms with Crippen molar-refractivity contribution in [2.75, 3.05) is 17.6 Å². The fourth-order valence-electron chi connectivity index (χ4n) is 3.69. The minimum atomic E-state index is -3.35. The maximum absolute atomic E-state index is 12.9. The van der Waals surface area contributed by atoms with Gasteiger partial charge in [-0.05, 0) is 43.2 Å². The molecule has 0 unspecified atom stereocenters. The van der Waals surface area contributed by atoms with Crippen LogP contribution in [0.25, 0.3) is 0 Å². The first-order chi connectivity index (χ1) is 13.7. The number of ether oxygens (including phenoxy) is 1. The van der Waals surface area contributed by atoms with E-state index in [-0.39, 0.29) is 17.6 Å². The summed E-state index contributed by atoms with van der Waals surface area (Å²) in [4.78, 5) is 12.9. The van der Waals surface area contributed by atoms with Gasteiger partial charge in [0.1, 0.15) is 11.4 Å². The zero-order valence-electron chi connectivity index (χ0n) is 17.3. The molecule has 2 aromatic rings. The maximum atomic E-state index is 12.9. The zero-order valence-corrected chi connectivity index (χ0v) is 18.1. The van der Waals surface area contributed by atoms with Crippen molar-refractivity contribution in [1.82, 2.24) is 5.32 Å². The van der Waals surface area contributed by atoms with Crippen LogP contribution in [0.4, 0.5) is 5.69 Å². The highest BCUT2D eigenvalue weighted by Gasteiger charge is 2.39. The van der Waals surface area contributed by atoms with Crippen LogP contribution in [0.2, 0.25) is 0 Å². The lowest BCUT2D eigenvalue weighted by molar-refractivity contribution is 0.0227. The van der Waals surface area contributed by atoms with Gasteiger partial charge >= 0.3 is 0 Å². The molecule has 0 bridgehead atoms. The summed E-state index contributed by atoms with van der Waals surface area (Å²) < 4.78 is 30.8. The predicted octanol–water partition coefficient (Wildman–Crippen LogP) is 3.89. The third-order valence-corrected chi connectivity index (χ3v) is 6.99. The number of hydrogen-bond acceptors (Lipinski definition) is 4. The molecule has 156 valence electrons. The average Bonchev–Trinajstić information content (AvgIpc) is 2.72. The number of nitrogens with zero attached hydrogens (tertiary/aromatic N) is 1. The van der Waals surface area contributed by atoms with Gasteiger partial charge in [0.2, 0.25) is 10.0 Å². The van der Waals surface area contributed by atoms with Crippen LogP contribution in [-0.2, 0) is 10.0 Å². The Bertz CT molecular complexity index is 982. The topological polar surface area (TPSA) is 75.7 Å². The highest BCUT2D eigenvalue weighted by Crippen LogP contribution is 2.42. The first kappa shape index (κ1) is 21.2. The molecular weight excluding hydrogens is 388 g/mol. The molecule has 0 saturated carbocycles. The SMILES string of the molecule is CCC1(CC)C[C@@H](NC(=O)c2ccc(N(C)S(C)(=O)=O)cc2)c2ccccc2O1. The predicted molar refractivity (Wildman–Crippen MR) is 115 cm³/mol. The van der Waals surface area contributed by atoms with Crippen molar-refractivity contribution in [3.05, 3.63) is 59.7 Å². The Labute approximate surface area is 172 Å². The van der Waals surface area contributed by atoms with Crippen LogP contribution in [-0.4, -0.2) is 33.2 Å². The Morgan fingerprint density at radius 3 is 2.34 bits per heavy atom. The Morgan fingerprint density at radius 2 is 1.76 bits per heavy atom. The quantitative estimate of drug-likeness (QED) is 0.775. The number of fused-ring (bicyclic) bond motifs is 1. The number of benzene rings is 2. The third-order valence-electron chi connectivity index (χ3n) is 5.78. The molecule has 0 aromatic heterocycles. The van der Waals surface area contributed by atoms with Gasteiger partial charge in [0.15, 0.2) is 0 Å². The minimum absolute atomic E-state index is 0.147. The Kier molecular flexibility index (Phi) is 5.89. The number of sulfonamides is 1. The van der Waals surface area contributed by atoms with Gasteiger partial charge in [-0.15, -0.1) is 0 Å². The summed E-state index contributed by atoms with van der Waals surface area (Å²) >= 11 is 0. The van der Waals surface area contributed by atoms with Crippen LogP contribution >= 0.6 is 0 Å². The fraction of sp³-hybridized carbons (Fsp3) is 0.409. The monoisotopic (exact) mass is 416 g/mol. The molecule has 29 heavy (non-hydrogen) atoms. The molecule has 2 aromatic carbocycles. The molecule has 7 heteroatoms. The summed E-state index contributed by atoms with van der Waals surface area (Å²) in [5.74, 6) is 0.624. The average molecular weight is 417 g/mol. The van der Waals surface area contributed by atoms with Crippen LogP contribution < -0.4 is 14.4 Å². The van der Waals surface area contributed by atoms with E-state index in [1.807, 2.05) is 24.3 Å². The Hall–Kier alpha value is -2.54. The smallest absolute Gasteiger partial charge is 0.251 e. The minimum Gasteiger partial charge on any atom is -0.487 e. The molecule has 0 saturated heterocycles. The van der Waals surface area contributed by atoms with Crippen LogP contribution in [0.1, 0.15) is 55.1 Å². The summed E-state index contributed by atoms with van der Waals surface area (Å²) in [6.45, 7) is 4.21. The van der Waals surface area contributed by atoms with Gasteiger partial charge in [-0.3, -0.25) is 9.10 Å². The Balaban J connectivity index is 1.83. The van der Waals surface area contributed by atoms with Crippen molar-refractivity contribution < 1.29 is 17.9 Å². The summed E-state index contributed by atoms with van der Waals surface area (Å²) in [5, 5.41) is 3.14. The highest BCUT2D eigenvalue weighted by molar-refractivity contribution is 7.92. The number of nitrogens with one attached hydrogen (secondary N) is 1. The molecule has 1 heterocycles. The molecule has 0 spiro atoms. The van der Waals surface area contributed by atoms with Crippen molar-refractivity contribution in [3.8, 4) is 5.75 Å². The van der Waals surface area contributed by atoms with Gasteiger partial charge in [-0.2, -0.15) is 0 Å². The van der Waals surface area contributed by atoms with Gasteiger partial charge in [0.05, 0.1) is 18.0 Å². The maximum Gasteiger partial charge on any atom is 0.251 e. The number of anilines is 1. The number of amides is 1. The first-order valence-electron chi connectivity index (χ1n) is 9.82. The zero-order chi connectivity index (χ0) is 21.2. The van der Waals surface area contributed by atoms with Gasteiger partial charge in [0, 0.05) is 24.6 Å². The van der Waals surface area contributed by atoms with Crippen LogP contribution in [0, 0.1) is 0 Å². The third kappa shape index (κ3) is 4.40. The number of carbonyl (C=O) groups excluding carboxylic acids is 1. The largest absolute Gasteiger partial charge is 0.487 e. The molecule has 1 N–H and O–H groups in total. The van der Waals surface area contributed by atoms with Crippen LogP contribution in [0.3, 0.4) is 0 Å². The summed E-state index contributed by atoms with van der Waals surface area (Å²) in [5.41, 5.74) is 1.68. The lowest BCUT2D eigenvalue weighted by atomic mass is 9.83. The Morgan fingerprint density at radius 1 is 1.14 bits per heavy atom. The molecule has 0 fully saturated rings. The van der Waals surface area contributed by atoms with E-state index in [4.69, 9.17) is 4.74 Å². The molecule has 1 amide bonds. The van der Waals surface area contributed by atoms with Gasteiger partial charge in [-0.1, -0.05) is 32.0 Å². The van der Waals surface area contributed by atoms with Crippen molar-refractivity contribution in [1.29, 1.82) is 0 Å². The van der Waals surface area contributed by atoms with E-state index in [2.05, 4.69) is 19.2 Å². The van der Waals surface area contributed by atoms with Crippen LogP contribution in [0.15, 0.2) is 48.5 Å². The van der Waals surface area contributed by atoms with Crippen molar-refractivity contribution >= 4 is 21.6 Å². The molecule has 0 radical (unpaired) electrons. The molecule has 6 nitrogen and oxygen atoms in total. The van der Waals surface area contributed by atoms with E-state index >= 15 is 0 Å². The second-order valence-electron chi connectivity index (χ2n) is 7.54. The lowest BCUT2D eigenvalue weighted by Gasteiger charge is -2.41. The molecule has 1 aliphatic rings. The molecular formula is C22H28N2O4S. The van der Waals surface area contributed by atoms with E-state index in [1.165, 1.54) is 11.4 Å². The first-order valence-corrected chi connectivity index (χ1v) is 11.7. The fourth-order valence-corrected chi connectivity index (χ4v) is 4.19. The highest BCUT2D eigenvalue weighted by atomic mass is 32.2. The number of para-hydroxylation sites is 1. The van der Waals surface area contributed by atoms with E-state index < -0.39 is 10.0 Å². The second-order valence-corrected chi connectivity index (χ2v) is 9.55. The molecule has 1 aliphatic heterocycles. The van der Waals surface area contributed by atoms with Gasteiger partial charge in [-0.25, -0.2) is 8.42 Å². The number of rotatable bonds is 6. The second kappa shape index (κ2) is 8.06. The van der Waals surface area contributed by atoms with Crippen LogP contribution in [0.5, 0.6) is 5.75 Å². The molecule has 3 rings (SSSR count). The standard InChI is InChI=1S/C22H28N2O4S/c1-5-22(6-2)15-19(18-9-7-8-10-20(18)28-22)23-21(25)16-11-13-17(14-12-16)24(3)29(4,26)27/h7-14,19H,5-6,15H2,1-4H3,(H,23,25)/t19-/m1/s1. The summed E-state index contributed by atoms with van der Waals surface area (Å²) in [7, 11) is -1.86. The van der Waals surface area contributed by atoms with Crippen molar-refractivity contribution in [3.63, 3.8) is 0 Å². The van der Waals surface area contributed by atoms with E-state index in [1.54, 1.807) is 24.3 Å². The van der Waals surface area contributed by atoms with E-state index in [9.17, 15) is 13.2 Å². The van der Waals surface area contributed by atoms with Crippen molar-refractivity contribution in [2.45, 2.75) is 44.8 Å². The summed E-state index contributed by atoms with van der Waals surface area (Å²) in [6.07, 6.45) is 3.56. The van der Waals surface area contributed by atoms with E-state index in [0.29, 0.717) is 17.7 Å². The molecule has 0 aliphatic carbocycles. The molecule has 1 atom stereocenters. The van der Waals surface area contributed by atoms with Gasteiger partial charge < -0.3 is 10.1 Å². The van der Waals surface area contributed by atoms with Gasteiger partial charge in [0.25, 0.3) is 5.91 Å². The van der Waals surface area contributed by atoms with E-state index in [0.717, 1.165) is 30.4 Å².